The molecule has 0 unspecified atom stereocenters. The Morgan fingerprint density at radius 1 is 0.971 bits per heavy atom. The molecule has 5 rings (SSSR count). The molecule has 0 aliphatic carbocycles. The molecule has 3 aromatic carbocycles. The Balaban J connectivity index is 1.91. The van der Waals surface area contributed by atoms with E-state index in [0.717, 1.165) is 38.7 Å². The number of nitriles is 1. The Morgan fingerprint density at radius 2 is 1.71 bits per heavy atom. The van der Waals surface area contributed by atoms with Crippen molar-refractivity contribution in [2.45, 2.75) is 33.1 Å². The van der Waals surface area contributed by atoms with Gasteiger partial charge in [0.2, 0.25) is 11.9 Å². The molecule has 5 aromatic rings. The number of hydrogen-bond acceptors (Lipinski definition) is 2. The fourth-order valence-electron chi connectivity index (χ4n) is 4.74. The van der Waals surface area contributed by atoms with Gasteiger partial charge in [-0.1, -0.05) is 63.2 Å². The first-order valence-electron chi connectivity index (χ1n) is 11.3. The Labute approximate surface area is 198 Å². The largest absolute Gasteiger partial charge is 0.454 e. The molecule has 0 N–H and O–H groups in total. The number of hydrogen-bond donors (Lipinski definition) is 0. The van der Waals surface area contributed by atoms with Crippen LogP contribution in [0.2, 0.25) is 0 Å². The zero-order chi connectivity index (χ0) is 24.2. The molecule has 0 radical (unpaired) electrons. The predicted octanol–water partition coefficient (Wildman–Crippen LogP) is 7.36. The quantitative estimate of drug-likeness (QED) is 0.264. The number of nitrogens with zero attached hydrogens (tertiary/aromatic N) is 2. The van der Waals surface area contributed by atoms with Crippen LogP contribution in [0.3, 0.4) is 0 Å². The van der Waals surface area contributed by atoms with E-state index < -0.39 is 0 Å². The number of pyridine rings is 1. The minimum absolute atomic E-state index is 0.230. The minimum Gasteiger partial charge on any atom is -0.454 e. The molecule has 0 saturated heterocycles. The van der Waals surface area contributed by atoms with Crippen LogP contribution in [0.15, 0.2) is 71.3 Å². The average molecular weight is 450 g/mol. The van der Waals surface area contributed by atoms with Gasteiger partial charge in [-0.05, 0) is 35.6 Å². The van der Waals surface area contributed by atoms with Crippen LogP contribution < -0.4 is 4.57 Å². The molecule has 34 heavy (non-hydrogen) atoms. The second-order valence-electron chi connectivity index (χ2n) is 9.86. The highest BCUT2D eigenvalue weighted by Gasteiger charge is 2.28. The van der Waals surface area contributed by atoms with E-state index in [2.05, 4.69) is 6.07 Å². The summed E-state index contributed by atoms with van der Waals surface area (Å²) in [7, 11) is 1.85. The molecular formula is C30H26FN2O+. The van der Waals surface area contributed by atoms with Gasteiger partial charge in [-0.2, -0.15) is 9.83 Å². The highest BCUT2D eigenvalue weighted by molar-refractivity contribution is 6.15. The number of benzene rings is 3. The van der Waals surface area contributed by atoms with Crippen molar-refractivity contribution in [3.05, 3.63) is 89.4 Å². The third-order valence-electron chi connectivity index (χ3n) is 6.49. The molecule has 0 aliphatic heterocycles. The zero-order valence-corrected chi connectivity index (χ0v) is 20.0. The number of rotatable bonds is 2. The first-order chi connectivity index (χ1) is 16.2. The fourth-order valence-corrected chi connectivity index (χ4v) is 4.74. The van der Waals surface area contributed by atoms with Crippen LogP contribution in [-0.2, 0) is 12.5 Å². The van der Waals surface area contributed by atoms with Gasteiger partial charge >= 0.3 is 0 Å². The van der Waals surface area contributed by atoms with Gasteiger partial charge in [-0.25, -0.2) is 4.39 Å². The number of furan rings is 1. The average Bonchev–Trinajstić information content (AvgIpc) is 3.18. The number of halogens is 1. The second kappa shape index (κ2) is 7.81. The van der Waals surface area contributed by atoms with Gasteiger partial charge in [-0.15, -0.1) is 0 Å². The number of fused-ring (bicyclic) bond motifs is 3. The lowest BCUT2D eigenvalue weighted by Gasteiger charge is -2.19. The van der Waals surface area contributed by atoms with Crippen molar-refractivity contribution < 1.29 is 13.4 Å². The van der Waals surface area contributed by atoms with E-state index >= 15 is 0 Å². The Hall–Kier alpha value is -3.97. The summed E-state index contributed by atoms with van der Waals surface area (Å²) >= 11 is 0. The van der Waals surface area contributed by atoms with Crippen LogP contribution in [0.5, 0.6) is 0 Å². The van der Waals surface area contributed by atoms with E-state index in [1.165, 1.54) is 6.20 Å². The van der Waals surface area contributed by atoms with Crippen molar-refractivity contribution >= 4 is 21.9 Å². The third-order valence-corrected chi connectivity index (χ3v) is 6.49. The smallest absolute Gasteiger partial charge is 0.216 e. The standard InChI is InChI=1S/C30H26FN2O/c1-18-11-13-22-27-20(16-32)12-14-21(19-9-7-6-8-10-19)28(27)34-29(22)26(18)25-15-23(30(2,3)4)24(31)17-33(25)5/h6-15,17H,1-5H3/q+1. The normalized spacial score (nSPS) is 11.8. The van der Waals surface area contributed by atoms with E-state index in [0.29, 0.717) is 22.3 Å². The molecule has 0 fully saturated rings. The molecule has 0 saturated carbocycles. The topological polar surface area (TPSA) is 40.8 Å². The lowest BCUT2D eigenvalue weighted by molar-refractivity contribution is -0.662. The maximum Gasteiger partial charge on any atom is 0.216 e. The summed E-state index contributed by atoms with van der Waals surface area (Å²) in [5, 5.41) is 11.6. The SMILES string of the molecule is Cc1ccc2c(oc3c(-c4ccccc4)ccc(C#N)c32)c1-c1cc(C(C)(C)C)c(F)c[n+]1C. The van der Waals surface area contributed by atoms with Crippen molar-refractivity contribution in [1.29, 1.82) is 5.26 Å². The van der Waals surface area contributed by atoms with Crippen LogP contribution in [0.1, 0.15) is 37.5 Å². The summed E-state index contributed by atoms with van der Waals surface area (Å²) < 4.78 is 23.3. The van der Waals surface area contributed by atoms with Gasteiger partial charge in [0.25, 0.3) is 0 Å². The van der Waals surface area contributed by atoms with Crippen LogP contribution in [0, 0.1) is 24.1 Å². The van der Waals surface area contributed by atoms with Crippen LogP contribution in [-0.4, -0.2) is 0 Å². The van der Waals surface area contributed by atoms with Gasteiger partial charge < -0.3 is 4.42 Å². The second-order valence-corrected chi connectivity index (χ2v) is 9.86. The summed E-state index contributed by atoms with van der Waals surface area (Å²) in [6.45, 7) is 8.06. The van der Waals surface area contributed by atoms with E-state index in [1.807, 2.05) is 100.0 Å². The van der Waals surface area contributed by atoms with Gasteiger partial charge in [0.05, 0.1) is 17.2 Å². The van der Waals surface area contributed by atoms with Gasteiger partial charge in [0.1, 0.15) is 18.2 Å². The molecule has 0 bridgehead atoms. The molecule has 2 heterocycles. The van der Waals surface area contributed by atoms with Crippen molar-refractivity contribution in [3.8, 4) is 28.5 Å². The molecule has 168 valence electrons. The van der Waals surface area contributed by atoms with Gasteiger partial charge in [0, 0.05) is 28.0 Å². The maximum atomic E-state index is 14.9. The summed E-state index contributed by atoms with van der Waals surface area (Å²) in [6.07, 6.45) is 1.53. The molecule has 0 amide bonds. The molecule has 2 aromatic heterocycles. The van der Waals surface area contributed by atoms with Crippen LogP contribution in [0.25, 0.3) is 44.3 Å². The Kier molecular flexibility index (Phi) is 5.02. The minimum atomic E-state index is -0.350. The number of aryl methyl sites for hydroxylation is 2. The molecule has 0 atom stereocenters. The zero-order valence-electron chi connectivity index (χ0n) is 20.0. The van der Waals surface area contributed by atoms with Crippen LogP contribution >= 0.6 is 0 Å². The lowest BCUT2D eigenvalue weighted by atomic mass is 9.86. The maximum absolute atomic E-state index is 14.9. The fraction of sp³-hybridized carbons (Fsp3) is 0.200. The molecule has 4 heteroatoms. The van der Waals surface area contributed by atoms with Crippen molar-refractivity contribution in [1.82, 2.24) is 0 Å². The van der Waals surface area contributed by atoms with E-state index in [-0.39, 0.29) is 11.2 Å². The van der Waals surface area contributed by atoms with E-state index in [1.54, 1.807) is 0 Å². The summed E-state index contributed by atoms with van der Waals surface area (Å²) in [4.78, 5) is 0. The van der Waals surface area contributed by atoms with E-state index in [4.69, 9.17) is 4.42 Å². The highest BCUT2D eigenvalue weighted by atomic mass is 19.1. The molecule has 0 aliphatic rings. The van der Waals surface area contributed by atoms with Crippen LogP contribution in [0.4, 0.5) is 4.39 Å². The van der Waals surface area contributed by atoms with Crippen molar-refractivity contribution in [3.63, 3.8) is 0 Å². The van der Waals surface area contributed by atoms with Gasteiger partial charge in [0.15, 0.2) is 5.82 Å². The summed E-state index contributed by atoms with van der Waals surface area (Å²) in [5.74, 6) is -0.230. The summed E-state index contributed by atoms with van der Waals surface area (Å²) in [5.41, 5.74) is 7.02. The summed E-state index contributed by atoms with van der Waals surface area (Å²) in [6, 6.07) is 22.2. The molecule has 0 spiro atoms. The van der Waals surface area contributed by atoms with Crippen molar-refractivity contribution in [2.75, 3.05) is 0 Å². The van der Waals surface area contributed by atoms with Gasteiger partial charge in [-0.3, -0.25) is 0 Å². The van der Waals surface area contributed by atoms with E-state index in [9.17, 15) is 9.65 Å². The lowest BCUT2D eigenvalue weighted by Crippen LogP contribution is -2.33. The molecule has 3 nitrogen and oxygen atoms in total. The Bertz CT molecular complexity index is 1620. The number of aromatic nitrogens is 1. The third kappa shape index (κ3) is 3.36. The first kappa shape index (κ1) is 21.9. The predicted molar refractivity (Wildman–Crippen MR) is 134 cm³/mol. The Morgan fingerprint density at radius 3 is 2.38 bits per heavy atom. The monoisotopic (exact) mass is 449 g/mol. The molecular weight excluding hydrogens is 423 g/mol. The van der Waals surface area contributed by atoms with Crippen molar-refractivity contribution in [2.24, 2.45) is 7.05 Å². The highest BCUT2D eigenvalue weighted by Crippen LogP contribution is 2.42. The first-order valence-corrected chi connectivity index (χ1v) is 11.3.